The Hall–Kier alpha value is -2.65. The van der Waals surface area contributed by atoms with Gasteiger partial charge in [0, 0.05) is 24.8 Å². The monoisotopic (exact) mass is 422 g/mol. The Bertz CT molecular complexity index is 979. The van der Waals surface area contributed by atoms with Gasteiger partial charge in [0.1, 0.15) is 5.82 Å². The summed E-state index contributed by atoms with van der Waals surface area (Å²) in [6, 6.07) is 9.70. The minimum atomic E-state index is -3.79. The Morgan fingerprint density at radius 3 is 2.45 bits per heavy atom. The number of halogens is 1. The van der Waals surface area contributed by atoms with Gasteiger partial charge in [-0.25, -0.2) is 12.8 Å². The van der Waals surface area contributed by atoms with E-state index in [1.165, 1.54) is 30.7 Å². The molecule has 0 aliphatic carbocycles. The van der Waals surface area contributed by atoms with E-state index in [9.17, 15) is 17.6 Å². The molecule has 2 aromatic carbocycles. The van der Waals surface area contributed by atoms with E-state index in [4.69, 9.17) is 9.47 Å². The van der Waals surface area contributed by atoms with Crippen molar-refractivity contribution in [1.82, 2.24) is 4.31 Å². The number of sulfonamides is 1. The van der Waals surface area contributed by atoms with Crippen molar-refractivity contribution in [3.8, 4) is 11.5 Å². The fourth-order valence-electron chi connectivity index (χ4n) is 3.29. The van der Waals surface area contributed by atoms with Gasteiger partial charge >= 0.3 is 0 Å². The molecule has 1 atom stereocenters. The van der Waals surface area contributed by atoms with Crippen molar-refractivity contribution < 1.29 is 27.1 Å². The van der Waals surface area contributed by atoms with Gasteiger partial charge in [-0.1, -0.05) is 0 Å². The lowest BCUT2D eigenvalue weighted by Crippen LogP contribution is -2.43. The van der Waals surface area contributed by atoms with Crippen LogP contribution in [-0.2, 0) is 14.8 Å². The molecule has 0 spiro atoms. The van der Waals surface area contributed by atoms with E-state index in [1.54, 1.807) is 18.2 Å². The van der Waals surface area contributed by atoms with Gasteiger partial charge in [-0.15, -0.1) is 0 Å². The molecule has 156 valence electrons. The number of nitrogens with one attached hydrogen (secondary N) is 1. The molecule has 3 rings (SSSR count). The van der Waals surface area contributed by atoms with Crippen LogP contribution < -0.4 is 14.8 Å². The maximum Gasteiger partial charge on any atom is 0.243 e. The number of carbonyl (C=O) groups is 1. The first-order chi connectivity index (χ1) is 13.8. The van der Waals surface area contributed by atoms with Crippen LogP contribution in [0.2, 0.25) is 0 Å². The van der Waals surface area contributed by atoms with Gasteiger partial charge in [0.2, 0.25) is 15.9 Å². The van der Waals surface area contributed by atoms with Crippen LogP contribution in [0.1, 0.15) is 12.8 Å². The van der Waals surface area contributed by atoms with Gasteiger partial charge < -0.3 is 14.8 Å². The predicted octanol–water partition coefficient (Wildman–Crippen LogP) is 2.88. The lowest BCUT2D eigenvalue weighted by Gasteiger charge is -2.31. The molecular weight excluding hydrogens is 399 g/mol. The molecule has 1 saturated heterocycles. The molecule has 1 unspecified atom stereocenters. The summed E-state index contributed by atoms with van der Waals surface area (Å²) < 4.78 is 50.4. The summed E-state index contributed by atoms with van der Waals surface area (Å²) in [6.07, 6.45) is 1.14. The summed E-state index contributed by atoms with van der Waals surface area (Å²) in [5, 5.41) is 2.81. The highest BCUT2D eigenvalue weighted by Gasteiger charge is 2.33. The lowest BCUT2D eigenvalue weighted by molar-refractivity contribution is -0.120. The van der Waals surface area contributed by atoms with Gasteiger partial charge in [0.25, 0.3) is 0 Å². The van der Waals surface area contributed by atoms with Crippen molar-refractivity contribution in [2.45, 2.75) is 17.7 Å². The van der Waals surface area contributed by atoms with Crippen LogP contribution >= 0.6 is 0 Å². The summed E-state index contributed by atoms with van der Waals surface area (Å²) >= 11 is 0. The lowest BCUT2D eigenvalue weighted by atomic mass is 9.98. The van der Waals surface area contributed by atoms with Crippen LogP contribution in [-0.4, -0.2) is 45.9 Å². The summed E-state index contributed by atoms with van der Waals surface area (Å²) in [6.45, 7) is 0.388. The molecule has 1 aliphatic rings. The zero-order valence-electron chi connectivity index (χ0n) is 16.2. The molecule has 0 aromatic heterocycles. The van der Waals surface area contributed by atoms with Crippen molar-refractivity contribution in [2.75, 3.05) is 32.6 Å². The third-order valence-electron chi connectivity index (χ3n) is 4.86. The van der Waals surface area contributed by atoms with E-state index in [-0.39, 0.29) is 17.3 Å². The molecule has 2 aromatic rings. The molecule has 1 N–H and O–H groups in total. The molecule has 1 amide bonds. The fraction of sp³-hybridized carbons (Fsp3) is 0.350. The van der Waals surface area contributed by atoms with Gasteiger partial charge in [0.05, 0.1) is 25.0 Å². The van der Waals surface area contributed by atoms with Gasteiger partial charge in [-0.2, -0.15) is 4.31 Å². The summed E-state index contributed by atoms with van der Waals surface area (Å²) in [5.74, 6) is -0.243. The largest absolute Gasteiger partial charge is 0.493 e. The van der Waals surface area contributed by atoms with Gasteiger partial charge in [-0.05, 0) is 49.2 Å². The number of methoxy groups -OCH3 is 2. The Labute approximate surface area is 169 Å². The molecule has 29 heavy (non-hydrogen) atoms. The van der Waals surface area contributed by atoms with Crippen LogP contribution in [0, 0.1) is 11.7 Å². The van der Waals surface area contributed by atoms with Crippen LogP contribution in [0.15, 0.2) is 47.4 Å². The normalized spacial score (nSPS) is 17.6. The van der Waals surface area contributed by atoms with Crippen LogP contribution in [0.4, 0.5) is 10.1 Å². The molecule has 1 heterocycles. The molecule has 7 nitrogen and oxygen atoms in total. The number of hydrogen-bond acceptors (Lipinski definition) is 5. The highest BCUT2D eigenvalue weighted by molar-refractivity contribution is 7.89. The average molecular weight is 422 g/mol. The Morgan fingerprint density at radius 1 is 1.10 bits per heavy atom. The Balaban J connectivity index is 1.72. The van der Waals surface area contributed by atoms with Crippen molar-refractivity contribution in [2.24, 2.45) is 5.92 Å². The highest BCUT2D eigenvalue weighted by Crippen LogP contribution is 2.30. The van der Waals surface area contributed by atoms with Crippen molar-refractivity contribution in [3.63, 3.8) is 0 Å². The summed E-state index contributed by atoms with van der Waals surface area (Å²) in [4.78, 5) is 12.7. The summed E-state index contributed by atoms with van der Waals surface area (Å²) in [5.41, 5.74) is 0.533. The van der Waals surface area contributed by atoms with E-state index >= 15 is 0 Å². The second kappa shape index (κ2) is 8.79. The fourth-order valence-corrected chi connectivity index (χ4v) is 4.81. The molecular formula is C20H23FN2O5S. The van der Waals surface area contributed by atoms with Crippen LogP contribution in [0.3, 0.4) is 0 Å². The summed E-state index contributed by atoms with van der Waals surface area (Å²) in [7, 11) is -0.763. The van der Waals surface area contributed by atoms with E-state index in [1.807, 2.05) is 0 Å². The molecule has 9 heteroatoms. The molecule has 0 bridgehead atoms. The number of piperidine rings is 1. The number of rotatable bonds is 6. The SMILES string of the molecule is COc1ccc(NC(=O)C2CCCN(S(=O)(=O)c3ccc(F)cc3)C2)cc1OC. The number of nitrogens with zero attached hydrogens (tertiary/aromatic N) is 1. The van der Waals surface area contributed by atoms with E-state index in [0.717, 1.165) is 12.1 Å². The minimum Gasteiger partial charge on any atom is -0.493 e. The first kappa shape index (κ1) is 21.1. The number of amides is 1. The van der Waals surface area contributed by atoms with E-state index < -0.39 is 21.8 Å². The first-order valence-electron chi connectivity index (χ1n) is 9.13. The maximum atomic E-state index is 13.1. The zero-order chi connectivity index (χ0) is 21.0. The second-order valence-electron chi connectivity index (χ2n) is 6.72. The van der Waals surface area contributed by atoms with Crippen molar-refractivity contribution >= 4 is 21.6 Å². The van der Waals surface area contributed by atoms with Crippen LogP contribution in [0.5, 0.6) is 11.5 Å². The van der Waals surface area contributed by atoms with Crippen LogP contribution in [0.25, 0.3) is 0 Å². The maximum absolute atomic E-state index is 13.1. The molecule has 1 fully saturated rings. The number of anilines is 1. The van der Waals surface area contributed by atoms with E-state index in [2.05, 4.69) is 5.32 Å². The second-order valence-corrected chi connectivity index (χ2v) is 8.65. The number of benzene rings is 2. The average Bonchev–Trinajstić information content (AvgIpc) is 2.74. The van der Waals surface area contributed by atoms with Gasteiger partial charge in [-0.3, -0.25) is 4.79 Å². The third-order valence-corrected chi connectivity index (χ3v) is 6.74. The molecule has 0 radical (unpaired) electrons. The smallest absolute Gasteiger partial charge is 0.243 e. The number of ether oxygens (including phenoxy) is 2. The highest BCUT2D eigenvalue weighted by atomic mass is 32.2. The number of carbonyl (C=O) groups excluding carboxylic acids is 1. The number of hydrogen-bond donors (Lipinski definition) is 1. The topological polar surface area (TPSA) is 84.9 Å². The molecule has 0 saturated carbocycles. The van der Waals surface area contributed by atoms with E-state index in [0.29, 0.717) is 36.6 Å². The standard InChI is InChI=1S/C20H23FN2O5S/c1-27-18-10-7-16(12-19(18)28-2)22-20(24)14-4-3-11-23(13-14)29(25,26)17-8-5-15(21)6-9-17/h5-10,12,14H,3-4,11,13H2,1-2H3,(H,22,24). The predicted molar refractivity (Wildman–Crippen MR) is 106 cm³/mol. The molecule has 1 aliphatic heterocycles. The first-order valence-corrected chi connectivity index (χ1v) is 10.6. The van der Waals surface area contributed by atoms with Crippen molar-refractivity contribution in [1.29, 1.82) is 0 Å². The quantitative estimate of drug-likeness (QED) is 0.774. The Morgan fingerprint density at radius 2 is 1.79 bits per heavy atom. The third kappa shape index (κ3) is 4.68. The van der Waals surface area contributed by atoms with Crippen molar-refractivity contribution in [3.05, 3.63) is 48.3 Å². The van der Waals surface area contributed by atoms with Gasteiger partial charge in [0.15, 0.2) is 11.5 Å². The Kier molecular flexibility index (Phi) is 6.39. The minimum absolute atomic E-state index is 0.0137. The zero-order valence-corrected chi connectivity index (χ0v) is 17.0.